The maximum Gasteiger partial charge on any atom is 0.435 e. The Hall–Kier alpha value is -1.26. The van der Waals surface area contributed by atoms with Gasteiger partial charge in [0.15, 0.2) is 5.71 Å². The Labute approximate surface area is 61.1 Å². The van der Waals surface area contributed by atoms with Gasteiger partial charge in [0.05, 0.1) is 0 Å². The molecule has 0 aliphatic carbocycles. The van der Waals surface area contributed by atoms with Crippen LogP contribution in [0.1, 0.15) is 0 Å². The monoisotopic (exact) mass is 162 g/mol. The quantitative estimate of drug-likeness (QED) is 0.574. The van der Waals surface area contributed by atoms with Crippen LogP contribution >= 0.6 is 0 Å². The third kappa shape index (κ3) is 2.10. The number of nitrogens with one attached hydrogen (secondary N) is 1. The first-order valence-electron chi connectivity index (χ1n) is 2.84. The summed E-state index contributed by atoms with van der Waals surface area (Å²) in [5, 5.41) is 3.06. The average molecular weight is 162 g/mol. The molecule has 0 unspecified atom stereocenters. The van der Waals surface area contributed by atoms with Gasteiger partial charge in [-0.2, -0.15) is 18.3 Å². The molecule has 1 N–H and O–H groups in total. The van der Waals surface area contributed by atoms with Crippen molar-refractivity contribution in [2.75, 3.05) is 0 Å². The molecule has 0 spiro atoms. The molecule has 0 bridgehead atoms. The molecule has 1 heterocycles. The van der Waals surface area contributed by atoms with Gasteiger partial charge in [-0.05, 0) is 12.2 Å². The summed E-state index contributed by atoms with van der Waals surface area (Å²) in [7, 11) is 0. The van der Waals surface area contributed by atoms with Crippen molar-refractivity contribution in [2.24, 2.45) is 5.10 Å². The number of hydrogen-bond acceptors (Lipinski definition) is 2. The molecule has 1 rings (SSSR count). The van der Waals surface area contributed by atoms with Crippen LogP contribution < -0.4 is 5.43 Å². The van der Waals surface area contributed by atoms with Crippen LogP contribution in [0, 0.1) is 0 Å². The lowest BCUT2D eigenvalue weighted by Crippen LogP contribution is -2.22. The van der Waals surface area contributed by atoms with E-state index in [0.717, 1.165) is 6.08 Å². The average Bonchev–Trinajstić information content (AvgIpc) is 2.10. The van der Waals surface area contributed by atoms with Gasteiger partial charge < -0.3 is 0 Å². The van der Waals surface area contributed by atoms with Gasteiger partial charge >= 0.3 is 6.18 Å². The fourth-order valence-electron chi connectivity index (χ4n) is 0.547. The van der Waals surface area contributed by atoms with Crippen LogP contribution in [0.4, 0.5) is 13.2 Å². The largest absolute Gasteiger partial charge is 0.435 e. The molecular formula is C6H5F3N2. The van der Waals surface area contributed by atoms with Crippen LogP contribution in [0.15, 0.2) is 29.5 Å². The molecule has 0 saturated carbocycles. The normalized spacial score (nSPS) is 17.2. The molecule has 0 atom stereocenters. The summed E-state index contributed by atoms with van der Waals surface area (Å²) in [6.45, 7) is 0. The summed E-state index contributed by atoms with van der Waals surface area (Å²) in [6.07, 6.45) is 0.538. The second kappa shape index (κ2) is 2.77. The predicted octanol–water partition coefficient (Wildman–Crippen LogP) is 1.58. The molecule has 0 aromatic rings. The van der Waals surface area contributed by atoms with Gasteiger partial charge in [-0.3, -0.25) is 5.43 Å². The third-order valence-corrected chi connectivity index (χ3v) is 1.01. The smallest absolute Gasteiger partial charge is 0.285 e. The number of rotatable bonds is 0. The first kappa shape index (κ1) is 7.84. The third-order valence-electron chi connectivity index (χ3n) is 1.01. The number of alkyl halides is 3. The first-order chi connectivity index (χ1) is 5.11. The molecular weight excluding hydrogens is 157 g/mol. The van der Waals surface area contributed by atoms with Gasteiger partial charge in [0.1, 0.15) is 0 Å². The molecule has 11 heavy (non-hydrogen) atoms. The van der Waals surface area contributed by atoms with Gasteiger partial charge in [0, 0.05) is 6.20 Å². The Bertz CT molecular complexity index is 224. The fourth-order valence-corrected chi connectivity index (χ4v) is 0.547. The summed E-state index contributed by atoms with van der Waals surface area (Å²) in [5.41, 5.74) is 1.20. The number of halogens is 3. The van der Waals surface area contributed by atoms with E-state index < -0.39 is 11.9 Å². The lowest BCUT2D eigenvalue weighted by atomic mass is 10.3. The lowest BCUT2D eigenvalue weighted by molar-refractivity contribution is -0.0580. The zero-order chi connectivity index (χ0) is 8.32. The van der Waals surface area contributed by atoms with E-state index in [1.54, 1.807) is 0 Å². The molecule has 0 radical (unpaired) electrons. The summed E-state index contributed by atoms with van der Waals surface area (Å²) in [5.74, 6) is 0. The standard InChI is InChI=1S/C6H5F3N2/c7-6(8,9)5-3-1-2-4-10-11-5/h1-4,10H. The van der Waals surface area contributed by atoms with E-state index in [9.17, 15) is 13.2 Å². The molecule has 0 fully saturated rings. The van der Waals surface area contributed by atoms with Crippen LogP contribution in [0.5, 0.6) is 0 Å². The fraction of sp³-hybridized carbons (Fsp3) is 0.167. The van der Waals surface area contributed by atoms with Gasteiger partial charge in [-0.25, -0.2) is 0 Å². The number of hydrazone groups is 1. The van der Waals surface area contributed by atoms with E-state index in [-0.39, 0.29) is 0 Å². The van der Waals surface area contributed by atoms with E-state index >= 15 is 0 Å². The minimum atomic E-state index is -4.38. The van der Waals surface area contributed by atoms with E-state index in [2.05, 4.69) is 10.5 Å². The van der Waals surface area contributed by atoms with Crippen molar-refractivity contribution in [3.8, 4) is 0 Å². The van der Waals surface area contributed by atoms with E-state index in [1.807, 2.05) is 0 Å². The zero-order valence-electron chi connectivity index (χ0n) is 5.39. The van der Waals surface area contributed by atoms with Crippen LogP contribution in [-0.4, -0.2) is 11.9 Å². The maximum absolute atomic E-state index is 11.9. The maximum atomic E-state index is 11.9. The summed E-state index contributed by atoms with van der Waals surface area (Å²) < 4.78 is 35.6. The summed E-state index contributed by atoms with van der Waals surface area (Å²) >= 11 is 0. The van der Waals surface area contributed by atoms with Gasteiger partial charge in [-0.1, -0.05) is 6.08 Å². The second-order valence-corrected chi connectivity index (χ2v) is 1.84. The Kier molecular flexibility index (Phi) is 1.98. The Balaban J connectivity index is 2.81. The SMILES string of the molecule is FC(F)(F)C1=NNC=CC=C1. The Morgan fingerprint density at radius 2 is 2.00 bits per heavy atom. The molecule has 2 nitrogen and oxygen atoms in total. The number of nitrogens with zero attached hydrogens (tertiary/aromatic N) is 1. The van der Waals surface area contributed by atoms with Crippen LogP contribution in [0.2, 0.25) is 0 Å². The van der Waals surface area contributed by atoms with Gasteiger partial charge in [0.2, 0.25) is 0 Å². The number of hydrogen-bond donors (Lipinski definition) is 1. The van der Waals surface area contributed by atoms with Crippen molar-refractivity contribution in [3.63, 3.8) is 0 Å². The summed E-state index contributed by atoms with van der Waals surface area (Å²) in [6, 6.07) is 0. The van der Waals surface area contributed by atoms with Gasteiger partial charge in [-0.15, -0.1) is 0 Å². The number of allylic oxidation sites excluding steroid dienone is 3. The Morgan fingerprint density at radius 1 is 1.27 bits per heavy atom. The predicted molar refractivity (Wildman–Crippen MR) is 34.9 cm³/mol. The Morgan fingerprint density at radius 3 is 2.64 bits per heavy atom. The molecule has 0 aromatic heterocycles. The van der Waals surface area contributed by atoms with Crippen LogP contribution in [-0.2, 0) is 0 Å². The molecule has 1 aliphatic rings. The lowest BCUT2D eigenvalue weighted by Gasteiger charge is -2.03. The highest BCUT2D eigenvalue weighted by Gasteiger charge is 2.34. The minimum absolute atomic E-state index is 0.899. The van der Waals surface area contributed by atoms with Crippen molar-refractivity contribution in [2.45, 2.75) is 6.18 Å². The first-order valence-corrected chi connectivity index (χ1v) is 2.84. The van der Waals surface area contributed by atoms with Crippen molar-refractivity contribution in [3.05, 3.63) is 24.4 Å². The molecule has 0 aromatic carbocycles. The zero-order valence-corrected chi connectivity index (χ0v) is 5.39. The molecule has 5 heteroatoms. The summed E-state index contributed by atoms with van der Waals surface area (Å²) in [4.78, 5) is 0. The molecule has 1 aliphatic heterocycles. The topological polar surface area (TPSA) is 24.4 Å². The molecule has 0 amide bonds. The molecule has 0 saturated heterocycles. The van der Waals surface area contributed by atoms with E-state index in [0.29, 0.717) is 0 Å². The van der Waals surface area contributed by atoms with Crippen molar-refractivity contribution in [1.82, 2.24) is 5.43 Å². The van der Waals surface area contributed by atoms with Crippen molar-refractivity contribution >= 4 is 5.71 Å². The highest BCUT2D eigenvalue weighted by molar-refractivity contribution is 5.99. The second-order valence-electron chi connectivity index (χ2n) is 1.84. The van der Waals surface area contributed by atoms with E-state index in [4.69, 9.17) is 0 Å². The van der Waals surface area contributed by atoms with Crippen LogP contribution in [0.3, 0.4) is 0 Å². The minimum Gasteiger partial charge on any atom is -0.285 e. The van der Waals surface area contributed by atoms with Crippen LogP contribution in [0.25, 0.3) is 0 Å². The van der Waals surface area contributed by atoms with Crippen molar-refractivity contribution < 1.29 is 13.2 Å². The molecule has 60 valence electrons. The highest BCUT2D eigenvalue weighted by Crippen LogP contribution is 2.18. The van der Waals surface area contributed by atoms with E-state index in [1.165, 1.54) is 18.4 Å². The highest BCUT2D eigenvalue weighted by atomic mass is 19.4. The van der Waals surface area contributed by atoms with Crippen molar-refractivity contribution in [1.29, 1.82) is 0 Å². The van der Waals surface area contributed by atoms with Gasteiger partial charge in [0.25, 0.3) is 0 Å².